The summed E-state index contributed by atoms with van der Waals surface area (Å²) in [5, 5.41) is 9.19. The molecule has 3 aromatic rings. The molecule has 1 heterocycles. The van der Waals surface area contributed by atoms with Crippen LogP contribution in [-0.4, -0.2) is 16.7 Å². The summed E-state index contributed by atoms with van der Waals surface area (Å²) in [5.41, 5.74) is 3.34. The normalized spacial score (nSPS) is 11.9. The lowest BCUT2D eigenvalue weighted by atomic mass is 10.1. The summed E-state index contributed by atoms with van der Waals surface area (Å²) in [7, 11) is 0. The van der Waals surface area contributed by atoms with Gasteiger partial charge in [0, 0.05) is 5.57 Å². The summed E-state index contributed by atoms with van der Waals surface area (Å²) in [6.45, 7) is -0.0526. The van der Waals surface area contributed by atoms with Gasteiger partial charge in [-0.1, -0.05) is 42.5 Å². The quantitative estimate of drug-likeness (QED) is 0.777. The van der Waals surface area contributed by atoms with Crippen molar-refractivity contribution in [2.45, 2.75) is 0 Å². The van der Waals surface area contributed by atoms with Crippen LogP contribution in [0.1, 0.15) is 11.5 Å². The zero-order valence-corrected chi connectivity index (χ0v) is 10.3. The number of oxazole rings is 1. The highest BCUT2D eigenvalue weighted by Gasteiger charge is 2.11. The SMILES string of the molecule is OCC=C(c1ccccc1)c1nc2ccccc2o1. The molecule has 2 aromatic carbocycles. The van der Waals surface area contributed by atoms with Gasteiger partial charge < -0.3 is 9.52 Å². The second-order valence-electron chi connectivity index (χ2n) is 4.15. The van der Waals surface area contributed by atoms with E-state index >= 15 is 0 Å². The Morgan fingerprint density at radius 1 is 1.05 bits per heavy atom. The van der Waals surface area contributed by atoms with Crippen molar-refractivity contribution in [3.63, 3.8) is 0 Å². The molecule has 0 unspecified atom stereocenters. The van der Waals surface area contributed by atoms with Gasteiger partial charge in [-0.05, 0) is 23.8 Å². The Kier molecular flexibility index (Phi) is 3.12. The summed E-state index contributed by atoms with van der Waals surface area (Å²) in [5.74, 6) is 0.529. The number of benzene rings is 2. The van der Waals surface area contributed by atoms with Crippen LogP contribution in [0.5, 0.6) is 0 Å². The van der Waals surface area contributed by atoms with Crippen LogP contribution in [0.15, 0.2) is 65.1 Å². The minimum Gasteiger partial charge on any atom is -0.436 e. The topological polar surface area (TPSA) is 46.3 Å². The van der Waals surface area contributed by atoms with Crippen LogP contribution in [0.25, 0.3) is 16.7 Å². The molecule has 1 aromatic heterocycles. The van der Waals surface area contributed by atoms with Crippen molar-refractivity contribution in [3.8, 4) is 0 Å². The molecule has 19 heavy (non-hydrogen) atoms. The van der Waals surface area contributed by atoms with Gasteiger partial charge in [-0.25, -0.2) is 4.98 Å². The average molecular weight is 251 g/mol. The molecule has 3 heteroatoms. The number of nitrogens with zero attached hydrogens (tertiary/aromatic N) is 1. The minimum absolute atomic E-state index is 0.0526. The molecular formula is C16H13NO2. The van der Waals surface area contributed by atoms with E-state index in [9.17, 15) is 5.11 Å². The maximum atomic E-state index is 9.19. The van der Waals surface area contributed by atoms with Crippen molar-refractivity contribution in [3.05, 3.63) is 72.1 Å². The number of rotatable bonds is 3. The van der Waals surface area contributed by atoms with Gasteiger partial charge in [-0.2, -0.15) is 0 Å². The molecule has 0 aliphatic heterocycles. The van der Waals surface area contributed by atoms with E-state index in [1.54, 1.807) is 6.08 Å². The van der Waals surface area contributed by atoms with Crippen LogP contribution < -0.4 is 0 Å². The van der Waals surface area contributed by atoms with Gasteiger partial charge in [0.25, 0.3) is 0 Å². The molecule has 0 atom stereocenters. The Hall–Kier alpha value is -2.39. The maximum absolute atomic E-state index is 9.19. The molecule has 0 bridgehead atoms. The van der Waals surface area contributed by atoms with E-state index in [4.69, 9.17) is 4.42 Å². The molecule has 94 valence electrons. The Labute approximate surface area is 110 Å². The molecule has 0 fully saturated rings. The first-order valence-electron chi connectivity index (χ1n) is 6.11. The molecule has 0 saturated carbocycles. The maximum Gasteiger partial charge on any atom is 0.227 e. The summed E-state index contributed by atoms with van der Waals surface area (Å²) in [6.07, 6.45) is 1.71. The molecule has 0 radical (unpaired) electrons. The highest BCUT2D eigenvalue weighted by Crippen LogP contribution is 2.25. The number of hydrogen-bond donors (Lipinski definition) is 1. The lowest BCUT2D eigenvalue weighted by Gasteiger charge is -2.02. The molecule has 3 nitrogen and oxygen atoms in total. The Morgan fingerprint density at radius 3 is 2.53 bits per heavy atom. The summed E-state index contributed by atoms with van der Waals surface area (Å²) in [4.78, 5) is 4.46. The van der Waals surface area contributed by atoms with Crippen LogP contribution in [0, 0.1) is 0 Å². The predicted octanol–water partition coefficient (Wildman–Crippen LogP) is 3.25. The van der Waals surface area contributed by atoms with Crippen LogP contribution in [0.2, 0.25) is 0 Å². The zero-order valence-electron chi connectivity index (χ0n) is 10.3. The van der Waals surface area contributed by atoms with Gasteiger partial charge in [0.05, 0.1) is 6.61 Å². The Bertz CT molecular complexity index is 681. The molecule has 3 rings (SSSR count). The molecule has 0 aliphatic rings. The van der Waals surface area contributed by atoms with Crippen molar-refractivity contribution in [2.75, 3.05) is 6.61 Å². The minimum atomic E-state index is -0.0526. The number of hydrogen-bond acceptors (Lipinski definition) is 3. The van der Waals surface area contributed by atoms with Gasteiger partial charge in [0.2, 0.25) is 5.89 Å². The lowest BCUT2D eigenvalue weighted by Crippen LogP contribution is -1.90. The fourth-order valence-corrected chi connectivity index (χ4v) is 2.03. The molecule has 0 aliphatic carbocycles. The Balaban J connectivity index is 2.13. The molecule has 1 N–H and O–H groups in total. The first kappa shape index (κ1) is 11.7. The van der Waals surface area contributed by atoms with Gasteiger partial charge >= 0.3 is 0 Å². The van der Waals surface area contributed by atoms with E-state index in [0.717, 1.165) is 22.2 Å². The fourth-order valence-electron chi connectivity index (χ4n) is 2.03. The molecule has 0 saturated heterocycles. The number of aliphatic hydroxyl groups is 1. The summed E-state index contributed by atoms with van der Waals surface area (Å²) < 4.78 is 5.75. The lowest BCUT2D eigenvalue weighted by molar-refractivity contribution is 0.343. The molecular weight excluding hydrogens is 238 g/mol. The summed E-state index contributed by atoms with van der Waals surface area (Å²) >= 11 is 0. The van der Waals surface area contributed by atoms with E-state index in [0.29, 0.717) is 5.89 Å². The third-order valence-electron chi connectivity index (χ3n) is 2.90. The summed E-state index contributed by atoms with van der Waals surface area (Å²) in [6, 6.07) is 17.4. The van der Waals surface area contributed by atoms with E-state index in [1.807, 2.05) is 54.6 Å². The van der Waals surface area contributed by atoms with E-state index in [1.165, 1.54) is 0 Å². The van der Waals surface area contributed by atoms with Crippen LogP contribution in [0.4, 0.5) is 0 Å². The first-order valence-corrected chi connectivity index (χ1v) is 6.11. The molecule has 0 amide bonds. The van der Waals surface area contributed by atoms with Crippen molar-refractivity contribution < 1.29 is 9.52 Å². The highest BCUT2D eigenvalue weighted by atomic mass is 16.3. The number of fused-ring (bicyclic) bond motifs is 1. The second-order valence-corrected chi connectivity index (χ2v) is 4.15. The monoisotopic (exact) mass is 251 g/mol. The second kappa shape index (κ2) is 5.08. The van der Waals surface area contributed by atoms with Gasteiger partial charge in [-0.15, -0.1) is 0 Å². The first-order chi connectivity index (χ1) is 9.38. The van der Waals surface area contributed by atoms with Crippen LogP contribution in [0.3, 0.4) is 0 Å². The fraction of sp³-hybridized carbons (Fsp3) is 0.0625. The average Bonchev–Trinajstić information content (AvgIpc) is 2.89. The van der Waals surface area contributed by atoms with Crippen molar-refractivity contribution in [2.24, 2.45) is 0 Å². The predicted molar refractivity (Wildman–Crippen MR) is 74.6 cm³/mol. The van der Waals surface area contributed by atoms with Crippen molar-refractivity contribution >= 4 is 16.7 Å². The highest BCUT2D eigenvalue weighted by molar-refractivity contribution is 5.81. The van der Waals surface area contributed by atoms with Gasteiger partial charge in [-0.3, -0.25) is 0 Å². The third kappa shape index (κ3) is 2.28. The van der Waals surface area contributed by atoms with Gasteiger partial charge in [0.15, 0.2) is 5.58 Å². The van der Waals surface area contributed by atoms with Gasteiger partial charge in [0.1, 0.15) is 5.52 Å². The van der Waals surface area contributed by atoms with Crippen molar-refractivity contribution in [1.29, 1.82) is 0 Å². The van der Waals surface area contributed by atoms with E-state index in [-0.39, 0.29) is 6.61 Å². The van der Waals surface area contributed by atoms with E-state index in [2.05, 4.69) is 4.98 Å². The number of aliphatic hydroxyl groups excluding tert-OH is 1. The Morgan fingerprint density at radius 2 is 1.79 bits per heavy atom. The molecule has 0 spiro atoms. The number of aromatic nitrogens is 1. The number of para-hydroxylation sites is 2. The zero-order chi connectivity index (χ0) is 13.1. The van der Waals surface area contributed by atoms with Crippen LogP contribution in [-0.2, 0) is 0 Å². The third-order valence-corrected chi connectivity index (χ3v) is 2.90. The largest absolute Gasteiger partial charge is 0.436 e. The van der Waals surface area contributed by atoms with E-state index < -0.39 is 0 Å². The standard InChI is InChI=1S/C16H13NO2/c18-11-10-13(12-6-2-1-3-7-12)16-17-14-8-4-5-9-15(14)19-16/h1-10,18H,11H2. The van der Waals surface area contributed by atoms with Crippen LogP contribution >= 0.6 is 0 Å². The smallest absolute Gasteiger partial charge is 0.227 e. The van der Waals surface area contributed by atoms with Crippen molar-refractivity contribution in [1.82, 2.24) is 4.98 Å².